The summed E-state index contributed by atoms with van der Waals surface area (Å²) in [5.74, 6) is -1.23. The molecule has 0 bridgehead atoms. The first kappa shape index (κ1) is 9.63. The van der Waals surface area contributed by atoms with Gasteiger partial charge in [0.15, 0.2) is 0 Å². The highest BCUT2D eigenvalue weighted by atomic mass is 16.4. The molecule has 70 valence electrons. The third kappa shape index (κ3) is 2.24. The zero-order valence-electron chi connectivity index (χ0n) is 6.79. The summed E-state index contributed by atoms with van der Waals surface area (Å²) in [6, 6.07) is 1.74. The van der Waals surface area contributed by atoms with Crippen molar-refractivity contribution in [1.29, 1.82) is 0 Å². The van der Waals surface area contributed by atoms with Crippen molar-refractivity contribution in [3.05, 3.63) is 30.1 Å². The molecule has 0 radical (unpaired) electrons. The minimum atomic E-state index is -1.30. The van der Waals surface area contributed by atoms with Crippen molar-refractivity contribution in [2.24, 2.45) is 5.73 Å². The number of aromatic nitrogens is 1. The SMILES string of the molecule is N[C@H](C(=O)O)[C@@H](O)c1ccncc1. The molecule has 5 heteroatoms. The van der Waals surface area contributed by atoms with Crippen molar-refractivity contribution in [3.8, 4) is 0 Å². The minimum Gasteiger partial charge on any atom is -0.480 e. The zero-order valence-corrected chi connectivity index (χ0v) is 6.79. The van der Waals surface area contributed by atoms with Crippen LogP contribution in [0.15, 0.2) is 24.5 Å². The molecule has 5 nitrogen and oxygen atoms in total. The zero-order chi connectivity index (χ0) is 9.84. The molecule has 0 aliphatic carbocycles. The molecule has 2 atom stereocenters. The topological polar surface area (TPSA) is 96.4 Å². The Morgan fingerprint density at radius 3 is 2.46 bits per heavy atom. The highest BCUT2D eigenvalue weighted by Gasteiger charge is 2.22. The molecule has 0 aliphatic heterocycles. The lowest BCUT2D eigenvalue weighted by atomic mass is 10.0. The van der Waals surface area contributed by atoms with E-state index in [0.29, 0.717) is 5.56 Å². The lowest BCUT2D eigenvalue weighted by Gasteiger charge is -2.14. The summed E-state index contributed by atoms with van der Waals surface area (Å²) in [4.78, 5) is 14.1. The van der Waals surface area contributed by atoms with Crippen molar-refractivity contribution in [3.63, 3.8) is 0 Å². The summed E-state index contributed by atoms with van der Waals surface area (Å²) < 4.78 is 0. The number of aliphatic hydroxyl groups is 1. The molecule has 0 saturated carbocycles. The normalized spacial score (nSPS) is 14.9. The van der Waals surface area contributed by atoms with Crippen LogP contribution >= 0.6 is 0 Å². The quantitative estimate of drug-likeness (QED) is 0.587. The maximum absolute atomic E-state index is 10.4. The van der Waals surface area contributed by atoms with E-state index in [-0.39, 0.29) is 0 Å². The number of carboxylic acid groups (broad SMARTS) is 1. The third-order valence-corrected chi connectivity index (χ3v) is 1.67. The number of pyridine rings is 1. The molecule has 1 rings (SSSR count). The Morgan fingerprint density at radius 1 is 1.46 bits per heavy atom. The Bertz CT molecular complexity index is 289. The van der Waals surface area contributed by atoms with Crippen molar-refractivity contribution < 1.29 is 15.0 Å². The van der Waals surface area contributed by atoms with Gasteiger partial charge in [0.05, 0.1) is 0 Å². The highest BCUT2D eigenvalue weighted by Crippen LogP contribution is 2.13. The molecule has 0 saturated heterocycles. The average molecular weight is 182 g/mol. The van der Waals surface area contributed by atoms with Crippen LogP contribution in [0, 0.1) is 0 Å². The molecule has 0 spiro atoms. The smallest absolute Gasteiger partial charge is 0.323 e. The molecule has 0 amide bonds. The lowest BCUT2D eigenvalue weighted by molar-refractivity contribution is -0.141. The fourth-order valence-corrected chi connectivity index (χ4v) is 0.903. The number of carboxylic acids is 1. The Labute approximate surface area is 74.8 Å². The van der Waals surface area contributed by atoms with Crippen LogP contribution in [0.4, 0.5) is 0 Å². The van der Waals surface area contributed by atoms with Crippen molar-refractivity contribution in [1.82, 2.24) is 4.98 Å². The van der Waals surface area contributed by atoms with Crippen molar-refractivity contribution >= 4 is 5.97 Å². The van der Waals surface area contributed by atoms with Gasteiger partial charge in [-0.2, -0.15) is 0 Å². The number of aliphatic hydroxyl groups excluding tert-OH is 1. The second-order valence-electron chi connectivity index (χ2n) is 2.59. The fourth-order valence-electron chi connectivity index (χ4n) is 0.903. The molecule has 0 aromatic carbocycles. The summed E-state index contributed by atoms with van der Waals surface area (Å²) in [5, 5.41) is 17.9. The minimum absolute atomic E-state index is 0.449. The second-order valence-corrected chi connectivity index (χ2v) is 2.59. The monoisotopic (exact) mass is 182 g/mol. The molecule has 0 unspecified atom stereocenters. The molecular formula is C8H10N2O3. The first-order valence-electron chi connectivity index (χ1n) is 3.69. The average Bonchev–Trinajstić information content (AvgIpc) is 2.17. The largest absolute Gasteiger partial charge is 0.480 e. The molecule has 4 N–H and O–H groups in total. The molecule has 1 aromatic heterocycles. The van der Waals surface area contributed by atoms with Crippen LogP contribution in [0.2, 0.25) is 0 Å². The van der Waals surface area contributed by atoms with E-state index in [4.69, 9.17) is 10.8 Å². The summed E-state index contributed by atoms with van der Waals surface area (Å²) in [7, 11) is 0. The van der Waals surface area contributed by atoms with Crippen LogP contribution in [0.25, 0.3) is 0 Å². The number of hydrogen-bond acceptors (Lipinski definition) is 4. The second kappa shape index (κ2) is 3.97. The maximum atomic E-state index is 10.4. The summed E-state index contributed by atoms with van der Waals surface area (Å²) >= 11 is 0. The molecule has 1 aromatic rings. The predicted molar refractivity (Wildman–Crippen MR) is 44.8 cm³/mol. The summed E-state index contributed by atoms with van der Waals surface area (Å²) in [5.41, 5.74) is 5.67. The van der Waals surface area contributed by atoms with Crippen LogP contribution in [0.5, 0.6) is 0 Å². The Morgan fingerprint density at radius 2 is 2.00 bits per heavy atom. The van der Waals surface area contributed by atoms with E-state index in [1.807, 2.05) is 0 Å². The van der Waals surface area contributed by atoms with E-state index in [0.717, 1.165) is 0 Å². The van der Waals surface area contributed by atoms with Gasteiger partial charge in [0.1, 0.15) is 12.1 Å². The van der Waals surface area contributed by atoms with Crippen molar-refractivity contribution in [2.75, 3.05) is 0 Å². The third-order valence-electron chi connectivity index (χ3n) is 1.67. The van der Waals surface area contributed by atoms with E-state index in [9.17, 15) is 9.90 Å². The van der Waals surface area contributed by atoms with Gasteiger partial charge in [0.25, 0.3) is 0 Å². The van der Waals surface area contributed by atoms with Crippen LogP contribution < -0.4 is 5.73 Å². The molecule has 0 aliphatic rings. The number of hydrogen-bond donors (Lipinski definition) is 3. The Kier molecular flexibility index (Phi) is 2.94. The van der Waals surface area contributed by atoms with Gasteiger partial charge in [-0.3, -0.25) is 9.78 Å². The van der Waals surface area contributed by atoms with Crippen molar-refractivity contribution in [2.45, 2.75) is 12.1 Å². The van der Waals surface area contributed by atoms with Gasteiger partial charge >= 0.3 is 5.97 Å². The number of nitrogens with zero attached hydrogens (tertiary/aromatic N) is 1. The van der Waals surface area contributed by atoms with Crippen LogP contribution in [-0.2, 0) is 4.79 Å². The number of aliphatic carboxylic acids is 1. The van der Waals surface area contributed by atoms with Gasteiger partial charge in [0.2, 0.25) is 0 Å². The number of carbonyl (C=O) groups is 1. The predicted octanol–water partition coefficient (Wildman–Crippen LogP) is -0.473. The van der Waals surface area contributed by atoms with Gasteiger partial charge in [-0.25, -0.2) is 0 Å². The van der Waals surface area contributed by atoms with E-state index in [1.165, 1.54) is 24.5 Å². The Hall–Kier alpha value is -1.46. The molecular weight excluding hydrogens is 172 g/mol. The van der Waals surface area contributed by atoms with Gasteiger partial charge < -0.3 is 15.9 Å². The molecule has 1 heterocycles. The number of nitrogens with two attached hydrogens (primary N) is 1. The van der Waals surface area contributed by atoms with Gasteiger partial charge in [-0.05, 0) is 17.7 Å². The van der Waals surface area contributed by atoms with E-state index < -0.39 is 18.1 Å². The van der Waals surface area contributed by atoms with Gasteiger partial charge in [-0.15, -0.1) is 0 Å². The molecule has 0 fully saturated rings. The van der Waals surface area contributed by atoms with E-state index in [1.54, 1.807) is 0 Å². The van der Waals surface area contributed by atoms with E-state index in [2.05, 4.69) is 4.98 Å². The standard InChI is InChI=1S/C8H10N2O3/c9-6(8(12)13)7(11)5-1-3-10-4-2-5/h1-4,6-7,11H,9H2,(H,12,13)/t6-,7-/m0/s1. The van der Waals surface area contributed by atoms with E-state index >= 15 is 0 Å². The first-order chi connectivity index (χ1) is 6.13. The van der Waals surface area contributed by atoms with Crippen LogP contribution in [-0.4, -0.2) is 27.2 Å². The maximum Gasteiger partial charge on any atom is 0.323 e. The van der Waals surface area contributed by atoms with Gasteiger partial charge in [0, 0.05) is 12.4 Å². The van der Waals surface area contributed by atoms with Gasteiger partial charge in [-0.1, -0.05) is 0 Å². The first-order valence-corrected chi connectivity index (χ1v) is 3.69. The highest BCUT2D eigenvalue weighted by molar-refractivity contribution is 5.74. The van der Waals surface area contributed by atoms with Crippen LogP contribution in [0.1, 0.15) is 11.7 Å². The fraction of sp³-hybridized carbons (Fsp3) is 0.250. The number of rotatable bonds is 3. The lowest BCUT2D eigenvalue weighted by Crippen LogP contribution is -2.36. The summed E-state index contributed by atoms with van der Waals surface area (Å²) in [6.07, 6.45) is 1.74. The summed E-state index contributed by atoms with van der Waals surface area (Å²) in [6.45, 7) is 0. The molecule has 13 heavy (non-hydrogen) atoms. The Balaban J connectivity index is 2.79. The van der Waals surface area contributed by atoms with Crippen LogP contribution in [0.3, 0.4) is 0 Å².